The third-order valence-corrected chi connectivity index (χ3v) is 2.18. The Morgan fingerprint density at radius 3 is 3.00 bits per heavy atom. The highest BCUT2D eigenvalue weighted by Crippen LogP contribution is 2.25. The van der Waals surface area contributed by atoms with Crippen LogP contribution in [0.2, 0.25) is 0 Å². The molecule has 3 N–H and O–H groups in total. The zero-order valence-corrected chi connectivity index (χ0v) is 8.21. The molecule has 0 unspecified atom stereocenters. The third kappa shape index (κ3) is 1.59. The molecule has 0 spiro atoms. The fraction of sp³-hybridized carbons (Fsp3) is 0.273. The van der Waals surface area contributed by atoms with Gasteiger partial charge in [-0.25, -0.2) is 0 Å². The second kappa shape index (κ2) is 3.72. The molecular formula is C11H14N2O. The minimum absolute atomic E-state index is 0.607. The van der Waals surface area contributed by atoms with E-state index in [0.29, 0.717) is 6.54 Å². The van der Waals surface area contributed by atoms with E-state index < -0.39 is 0 Å². The SMILES string of the molecule is Cc1cccc2cc(NCCN)oc12. The molecule has 0 bridgehead atoms. The van der Waals surface area contributed by atoms with Crippen molar-refractivity contribution in [2.24, 2.45) is 5.73 Å². The number of nitrogens with two attached hydrogens (primary N) is 1. The number of fused-ring (bicyclic) bond motifs is 1. The van der Waals surface area contributed by atoms with Crippen molar-refractivity contribution >= 4 is 16.9 Å². The topological polar surface area (TPSA) is 51.2 Å². The van der Waals surface area contributed by atoms with Crippen LogP contribution in [0.5, 0.6) is 0 Å². The number of benzene rings is 1. The van der Waals surface area contributed by atoms with Crippen molar-refractivity contribution in [1.29, 1.82) is 0 Å². The first kappa shape index (κ1) is 9.09. The first-order valence-electron chi connectivity index (χ1n) is 4.74. The number of hydrogen-bond acceptors (Lipinski definition) is 3. The lowest BCUT2D eigenvalue weighted by molar-refractivity contribution is 0.624. The fourth-order valence-corrected chi connectivity index (χ4v) is 1.49. The predicted octanol–water partition coefficient (Wildman–Crippen LogP) is 2.11. The summed E-state index contributed by atoms with van der Waals surface area (Å²) in [6, 6.07) is 8.11. The van der Waals surface area contributed by atoms with Crippen LogP contribution < -0.4 is 11.1 Å². The van der Waals surface area contributed by atoms with Gasteiger partial charge in [0.25, 0.3) is 0 Å². The number of rotatable bonds is 3. The highest BCUT2D eigenvalue weighted by atomic mass is 16.3. The van der Waals surface area contributed by atoms with Gasteiger partial charge in [-0.15, -0.1) is 0 Å². The highest BCUT2D eigenvalue weighted by Gasteiger charge is 2.03. The Morgan fingerprint density at radius 2 is 2.29 bits per heavy atom. The molecule has 0 radical (unpaired) electrons. The Balaban J connectivity index is 2.36. The maximum absolute atomic E-state index is 5.63. The molecule has 2 rings (SSSR count). The van der Waals surface area contributed by atoms with Crippen molar-refractivity contribution in [3.8, 4) is 0 Å². The van der Waals surface area contributed by atoms with E-state index in [-0.39, 0.29) is 0 Å². The number of anilines is 1. The van der Waals surface area contributed by atoms with Crippen LogP contribution in [0, 0.1) is 6.92 Å². The molecule has 3 nitrogen and oxygen atoms in total. The molecule has 1 aromatic carbocycles. The van der Waals surface area contributed by atoms with Gasteiger partial charge < -0.3 is 15.5 Å². The zero-order valence-electron chi connectivity index (χ0n) is 8.21. The maximum atomic E-state index is 5.63. The summed E-state index contributed by atoms with van der Waals surface area (Å²) in [6.45, 7) is 3.38. The van der Waals surface area contributed by atoms with E-state index in [4.69, 9.17) is 10.2 Å². The van der Waals surface area contributed by atoms with Gasteiger partial charge in [-0.05, 0) is 12.5 Å². The number of para-hydroxylation sites is 1. The van der Waals surface area contributed by atoms with E-state index in [1.54, 1.807) is 0 Å². The van der Waals surface area contributed by atoms with Crippen LogP contribution in [0.25, 0.3) is 11.0 Å². The van der Waals surface area contributed by atoms with E-state index >= 15 is 0 Å². The van der Waals surface area contributed by atoms with Gasteiger partial charge >= 0.3 is 0 Å². The average Bonchev–Trinajstić information content (AvgIpc) is 2.59. The lowest BCUT2D eigenvalue weighted by atomic mass is 10.2. The second-order valence-electron chi connectivity index (χ2n) is 3.32. The van der Waals surface area contributed by atoms with Gasteiger partial charge in [-0.1, -0.05) is 18.2 Å². The van der Waals surface area contributed by atoms with Gasteiger partial charge in [0, 0.05) is 24.5 Å². The highest BCUT2D eigenvalue weighted by molar-refractivity contribution is 5.83. The van der Waals surface area contributed by atoms with E-state index in [2.05, 4.69) is 5.32 Å². The molecule has 74 valence electrons. The van der Waals surface area contributed by atoms with Gasteiger partial charge in [-0.2, -0.15) is 0 Å². The molecule has 0 aliphatic heterocycles. The maximum Gasteiger partial charge on any atom is 0.194 e. The van der Waals surface area contributed by atoms with Crippen LogP contribution in [-0.4, -0.2) is 13.1 Å². The van der Waals surface area contributed by atoms with Crippen molar-refractivity contribution in [2.75, 3.05) is 18.4 Å². The summed E-state index contributed by atoms with van der Waals surface area (Å²) in [4.78, 5) is 0. The molecule has 0 saturated carbocycles. The number of nitrogens with one attached hydrogen (secondary N) is 1. The van der Waals surface area contributed by atoms with Gasteiger partial charge in [0.05, 0.1) is 0 Å². The first-order valence-corrected chi connectivity index (χ1v) is 4.74. The van der Waals surface area contributed by atoms with E-state index in [9.17, 15) is 0 Å². The smallest absolute Gasteiger partial charge is 0.194 e. The summed E-state index contributed by atoms with van der Waals surface area (Å²) >= 11 is 0. The van der Waals surface area contributed by atoms with Gasteiger partial charge in [-0.3, -0.25) is 0 Å². The molecule has 14 heavy (non-hydrogen) atoms. The molecule has 0 amide bonds. The van der Waals surface area contributed by atoms with E-state index in [0.717, 1.165) is 29.0 Å². The van der Waals surface area contributed by atoms with Crippen molar-refractivity contribution in [2.45, 2.75) is 6.92 Å². The Hall–Kier alpha value is -1.48. The molecule has 2 aromatic rings. The minimum Gasteiger partial charge on any atom is -0.440 e. The van der Waals surface area contributed by atoms with E-state index in [1.807, 2.05) is 31.2 Å². The first-order chi connectivity index (χ1) is 6.81. The van der Waals surface area contributed by atoms with Crippen LogP contribution in [-0.2, 0) is 0 Å². The predicted molar refractivity (Wildman–Crippen MR) is 58.5 cm³/mol. The van der Waals surface area contributed by atoms with Gasteiger partial charge in [0.15, 0.2) is 5.88 Å². The summed E-state index contributed by atoms with van der Waals surface area (Å²) < 4.78 is 5.63. The molecule has 0 aliphatic carbocycles. The Labute approximate surface area is 82.9 Å². The summed E-state index contributed by atoms with van der Waals surface area (Å²) in [7, 11) is 0. The number of hydrogen-bond donors (Lipinski definition) is 2. The van der Waals surface area contributed by atoms with Crippen LogP contribution >= 0.6 is 0 Å². The van der Waals surface area contributed by atoms with Crippen LogP contribution in [0.4, 0.5) is 5.88 Å². The monoisotopic (exact) mass is 190 g/mol. The molecule has 0 saturated heterocycles. The fourth-order valence-electron chi connectivity index (χ4n) is 1.49. The lowest BCUT2D eigenvalue weighted by Crippen LogP contribution is -2.12. The quantitative estimate of drug-likeness (QED) is 0.779. The third-order valence-electron chi connectivity index (χ3n) is 2.18. The van der Waals surface area contributed by atoms with Crippen molar-refractivity contribution in [1.82, 2.24) is 0 Å². The summed E-state index contributed by atoms with van der Waals surface area (Å²) in [6.07, 6.45) is 0. The molecule has 3 heteroatoms. The van der Waals surface area contributed by atoms with Crippen molar-refractivity contribution in [3.05, 3.63) is 29.8 Å². The summed E-state index contributed by atoms with van der Waals surface area (Å²) in [5, 5.41) is 4.25. The molecule has 0 aliphatic rings. The number of furan rings is 1. The normalized spacial score (nSPS) is 10.7. The van der Waals surface area contributed by atoms with E-state index in [1.165, 1.54) is 0 Å². The standard InChI is InChI=1S/C11H14N2O/c1-8-3-2-4-9-7-10(13-6-5-12)14-11(8)9/h2-4,7,13H,5-6,12H2,1H3. The lowest BCUT2D eigenvalue weighted by Gasteiger charge is -1.97. The Morgan fingerprint density at radius 1 is 1.43 bits per heavy atom. The Kier molecular flexibility index (Phi) is 2.41. The van der Waals surface area contributed by atoms with Crippen LogP contribution in [0.15, 0.2) is 28.7 Å². The summed E-state index contributed by atoms with van der Waals surface area (Å²) in [5.74, 6) is 0.791. The van der Waals surface area contributed by atoms with Crippen LogP contribution in [0.1, 0.15) is 5.56 Å². The number of aryl methyl sites for hydroxylation is 1. The minimum atomic E-state index is 0.607. The zero-order chi connectivity index (χ0) is 9.97. The van der Waals surface area contributed by atoms with Crippen molar-refractivity contribution in [3.63, 3.8) is 0 Å². The average molecular weight is 190 g/mol. The molecule has 1 heterocycles. The van der Waals surface area contributed by atoms with Gasteiger partial charge in [0.2, 0.25) is 0 Å². The second-order valence-corrected chi connectivity index (χ2v) is 3.32. The van der Waals surface area contributed by atoms with Crippen molar-refractivity contribution < 1.29 is 4.42 Å². The summed E-state index contributed by atoms with van der Waals surface area (Å²) in [5.41, 5.74) is 7.50. The molecular weight excluding hydrogens is 176 g/mol. The van der Waals surface area contributed by atoms with Crippen LogP contribution in [0.3, 0.4) is 0 Å². The molecule has 0 fully saturated rings. The van der Waals surface area contributed by atoms with Gasteiger partial charge in [0.1, 0.15) is 5.58 Å². The molecule has 0 atom stereocenters. The largest absolute Gasteiger partial charge is 0.440 e. The Bertz CT molecular complexity index is 434. The molecule has 1 aromatic heterocycles.